The summed E-state index contributed by atoms with van der Waals surface area (Å²) in [6.45, 7) is 1.25. The van der Waals surface area contributed by atoms with Gasteiger partial charge in [-0.25, -0.2) is 9.67 Å². The van der Waals surface area contributed by atoms with Crippen LogP contribution in [-0.4, -0.2) is 41.0 Å². The van der Waals surface area contributed by atoms with Crippen molar-refractivity contribution in [3.05, 3.63) is 18.0 Å². The van der Waals surface area contributed by atoms with E-state index in [1.165, 1.54) is 17.6 Å². The Morgan fingerprint density at radius 2 is 2.35 bits per heavy atom. The minimum atomic E-state index is 0.509. The second-order valence-corrected chi connectivity index (χ2v) is 4.18. The van der Waals surface area contributed by atoms with Gasteiger partial charge in [-0.1, -0.05) is 0 Å². The molecule has 0 aromatic carbocycles. The van der Waals surface area contributed by atoms with Gasteiger partial charge < -0.3 is 5.32 Å². The zero-order valence-corrected chi connectivity index (χ0v) is 9.61. The molecule has 3 rings (SSSR count). The number of nitrogens with zero attached hydrogens (tertiary/aromatic N) is 7. The van der Waals surface area contributed by atoms with Crippen LogP contribution in [-0.2, 0) is 20.1 Å². The molecule has 0 amide bonds. The van der Waals surface area contributed by atoms with Gasteiger partial charge in [-0.05, 0) is 18.1 Å². The lowest BCUT2D eigenvalue weighted by Gasteiger charge is -2.04. The van der Waals surface area contributed by atoms with Crippen LogP contribution in [0.4, 0.5) is 0 Å². The van der Waals surface area contributed by atoms with Crippen LogP contribution in [0.3, 0.4) is 0 Å². The van der Waals surface area contributed by atoms with Crippen LogP contribution >= 0.6 is 0 Å². The fourth-order valence-electron chi connectivity index (χ4n) is 1.60. The van der Waals surface area contributed by atoms with E-state index in [2.05, 4.69) is 30.8 Å². The van der Waals surface area contributed by atoms with E-state index in [-0.39, 0.29) is 0 Å². The van der Waals surface area contributed by atoms with E-state index in [1.54, 1.807) is 18.1 Å². The molecular formula is C9H14N8. The molecule has 90 valence electrons. The molecule has 1 N–H and O–H groups in total. The molecule has 2 heterocycles. The zero-order valence-electron chi connectivity index (χ0n) is 9.61. The van der Waals surface area contributed by atoms with E-state index < -0.39 is 0 Å². The second-order valence-electron chi connectivity index (χ2n) is 4.18. The molecule has 0 atom stereocenters. The average molecular weight is 234 g/mol. The molecule has 2 aromatic heterocycles. The van der Waals surface area contributed by atoms with Crippen LogP contribution in [0.1, 0.15) is 24.5 Å². The second kappa shape index (κ2) is 4.21. The summed E-state index contributed by atoms with van der Waals surface area (Å²) in [6.07, 6.45) is 4.08. The maximum atomic E-state index is 4.23. The quantitative estimate of drug-likeness (QED) is 0.721. The first-order chi connectivity index (χ1) is 8.31. The van der Waals surface area contributed by atoms with Crippen molar-refractivity contribution in [1.29, 1.82) is 0 Å². The van der Waals surface area contributed by atoms with Crippen molar-refractivity contribution in [2.75, 3.05) is 0 Å². The average Bonchev–Trinajstić information content (AvgIpc) is 2.90. The maximum absolute atomic E-state index is 4.23. The molecule has 0 unspecified atom stereocenters. The minimum Gasteiger partial charge on any atom is -0.307 e. The van der Waals surface area contributed by atoms with Crippen LogP contribution in [0.5, 0.6) is 0 Å². The molecule has 0 aliphatic heterocycles. The summed E-state index contributed by atoms with van der Waals surface area (Å²) in [4.78, 5) is 5.66. The smallest absolute Gasteiger partial charge is 0.196 e. The third-order valence-electron chi connectivity index (χ3n) is 2.66. The van der Waals surface area contributed by atoms with Crippen molar-refractivity contribution in [2.45, 2.75) is 32.0 Å². The SMILES string of the molecule is Cn1nnc(Cn2ncnc2CNC2CC2)n1. The molecule has 1 aliphatic carbocycles. The highest BCUT2D eigenvalue weighted by Gasteiger charge is 2.21. The van der Waals surface area contributed by atoms with Crippen LogP contribution in [0.25, 0.3) is 0 Å². The van der Waals surface area contributed by atoms with Gasteiger partial charge in [0.15, 0.2) is 5.82 Å². The van der Waals surface area contributed by atoms with Gasteiger partial charge in [-0.2, -0.15) is 9.90 Å². The molecule has 1 saturated carbocycles. The van der Waals surface area contributed by atoms with Crippen LogP contribution in [0, 0.1) is 0 Å². The summed E-state index contributed by atoms with van der Waals surface area (Å²) >= 11 is 0. The minimum absolute atomic E-state index is 0.509. The lowest BCUT2D eigenvalue weighted by atomic mass is 10.5. The Morgan fingerprint density at radius 1 is 1.47 bits per heavy atom. The van der Waals surface area contributed by atoms with E-state index in [4.69, 9.17) is 0 Å². The predicted octanol–water partition coefficient (Wildman–Crippen LogP) is -0.898. The molecule has 1 aliphatic rings. The molecule has 0 spiro atoms. The number of tetrazole rings is 1. The van der Waals surface area contributed by atoms with Crippen molar-refractivity contribution in [3.63, 3.8) is 0 Å². The van der Waals surface area contributed by atoms with Gasteiger partial charge in [-0.15, -0.1) is 10.2 Å². The number of nitrogens with one attached hydrogen (secondary N) is 1. The van der Waals surface area contributed by atoms with Gasteiger partial charge in [0.1, 0.15) is 18.7 Å². The fraction of sp³-hybridized carbons (Fsp3) is 0.667. The van der Waals surface area contributed by atoms with Gasteiger partial charge in [0, 0.05) is 6.04 Å². The summed E-state index contributed by atoms with van der Waals surface area (Å²) in [6, 6.07) is 0.662. The number of aromatic nitrogens is 7. The molecule has 0 saturated heterocycles. The molecule has 0 bridgehead atoms. The van der Waals surface area contributed by atoms with Crippen molar-refractivity contribution in [2.24, 2.45) is 7.05 Å². The molecule has 2 aromatic rings. The van der Waals surface area contributed by atoms with Crippen molar-refractivity contribution < 1.29 is 0 Å². The molecule has 8 heteroatoms. The molecule has 1 fully saturated rings. The maximum Gasteiger partial charge on any atom is 0.196 e. The number of rotatable bonds is 5. The van der Waals surface area contributed by atoms with Crippen molar-refractivity contribution in [1.82, 2.24) is 40.3 Å². The summed E-state index contributed by atoms with van der Waals surface area (Å²) < 4.78 is 1.80. The van der Waals surface area contributed by atoms with Gasteiger partial charge in [0.05, 0.1) is 13.6 Å². The Balaban J connectivity index is 1.67. The first-order valence-corrected chi connectivity index (χ1v) is 5.64. The molecule has 8 nitrogen and oxygen atoms in total. The highest BCUT2D eigenvalue weighted by molar-refractivity contribution is 4.91. The Hall–Kier alpha value is -1.83. The molecular weight excluding hydrogens is 220 g/mol. The van der Waals surface area contributed by atoms with E-state index >= 15 is 0 Å². The summed E-state index contributed by atoms with van der Waals surface area (Å²) in [5.41, 5.74) is 0. The summed E-state index contributed by atoms with van der Waals surface area (Å²) in [5.74, 6) is 1.55. The number of hydrogen-bond acceptors (Lipinski definition) is 6. The fourth-order valence-corrected chi connectivity index (χ4v) is 1.60. The largest absolute Gasteiger partial charge is 0.307 e. The van der Waals surface area contributed by atoms with E-state index in [9.17, 15) is 0 Å². The number of aryl methyl sites for hydroxylation is 1. The Morgan fingerprint density at radius 3 is 3.06 bits per heavy atom. The van der Waals surface area contributed by atoms with Gasteiger partial charge in [0.25, 0.3) is 0 Å². The normalized spacial score (nSPS) is 15.4. The Labute approximate surface area is 98.0 Å². The first-order valence-electron chi connectivity index (χ1n) is 5.64. The van der Waals surface area contributed by atoms with Gasteiger partial charge in [0.2, 0.25) is 0 Å². The molecule has 17 heavy (non-hydrogen) atoms. The molecule has 0 radical (unpaired) electrons. The van der Waals surface area contributed by atoms with Crippen molar-refractivity contribution >= 4 is 0 Å². The van der Waals surface area contributed by atoms with Crippen molar-refractivity contribution in [3.8, 4) is 0 Å². The summed E-state index contributed by atoms with van der Waals surface area (Å²) in [5, 5.41) is 19.4. The van der Waals surface area contributed by atoms with E-state index in [1.807, 2.05) is 0 Å². The number of hydrogen-bond donors (Lipinski definition) is 1. The van der Waals surface area contributed by atoms with E-state index in [0.717, 1.165) is 12.4 Å². The third kappa shape index (κ3) is 2.47. The monoisotopic (exact) mass is 234 g/mol. The highest BCUT2D eigenvalue weighted by atomic mass is 15.6. The van der Waals surface area contributed by atoms with Crippen LogP contribution in [0.15, 0.2) is 6.33 Å². The predicted molar refractivity (Wildman–Crippen MR) is 57.8 cm³/mol. The zero-order chi connectivity index (χ0) is 11.7. The Kier molecular flexibility index (Phi) is 2.56. The standard InChI is InChI=1S/C9H14N8/c1-16-14-8(13-15-16)5-17-9(11-6-12-17)4-10-7-2-3-7/h6-7,10H,2-5H2,1H3. The Bertz CT molecular complexity index is 497. The van der Waals surface area contributed by atoms with Gasteiger partial charge in [-0.3, -0.25) is 0 Å². The van der Waals surface area contributed by atoms with Crippen LogP contribution in [0.2, 0.25) is 0 Å². The third-order valence-corrected chi connectivity index (χ3v) is 2.66. The van der Waals surface area contributed by atoms with Gasteiger partial charge >= 0.3 is 0 Å². The summed E-state index contributed by atoms with van der Waals surface area (Å²) in [7, 11) is 1.74. The lowest BCUT2D eigenvalue weighted by molar-refractivity contribution is 0.568. The highest BCUT2D eigenvalue weighted by Crippen LogP contribution is 2.18. The first kappa shape index (κ1) is 10.3. The van der Waals surface area contributed by atoms with E-state index in [0.29, 0.717) is 18.4 Å². The van der Waals surface area contributed by atoms with Crippen LogP contribution < -0.4 is 5.32 Å². The lowest BCUT2D eigenvalue weighted by Crippen LogP contribution is -2.20. The topological polar surface area (TPSA) is 86.3 Å².